The molecule has 0 spiro atoms. The van der Waals surface area contributed by atoms with Gasteiger partial charge >= 0.3 is 0 Å². The minimum atomic E-state index is -3.79. The summed E-state index contributed by atoms with van der Waals surface area (Å²) in [5.74, 6) is 0.498. The van der Waals surface area contributed by atoms with E-state index in [9.17, 15) is 13.2 Å². The van der Waals surface area contributed by atoms with Crippen LogP contribution in [0.5, 0.6) is 0 Å². The summed E-state index contributed by atoms with van der Waals surface area (Å²) in [6.45, 7) is 3.90. The first kappa shape index (κ1) is 17.9. The molecule has 1 aromatic rings. The van der Waals surface area contributed by atoms with Crippen LogP contribution in [0.2, 0.25) is 0 Å². The third kappa shape index (κ3) is 5.30. The number of sulfonamides is 1. The summed E-state index contributed by atoms with van der Waals surface area (Å²) in [6.07, 6.45) is 4.09. The van der Waals surface area contributed by atoms with Crippen LogP contribution in [0.4, 0.5) is 5.69 Å². The van der Waals surface area contributed by atoms with Gasteiger partial charge in [0.05, 0.1) is 4.90 Å². The third-order valence-corrected chi connectivity index (χ3v) is 5.27. The summed E-state index contributed by atoms with van der Waals surface area (Å²) in [4.78, 5) is 12.1. The summed E-state index contributed by atoms with van der Waals surface area (Å²) in [7, 11) is -3.79. The smallest absolute Gasteiger partial charge is 0.238 e. The lowest BCUT2D eigenvalue weighted by Crippen LogP contribution is -2.28. The quantitative estimate of drug-likeness (QED) is 0.733. The van der Waals surface area contributed by atoms with Gasteiger partial charge in [0.1, 0.15) is 0 Å². The van der Waals surface area contributed by atoms with Crippen LogP contribution in [0.15, 0.2) is 23.1 Å². The number of nitrogens with one attached hydrogen (secondary N) is 2. The van der Waals surface area contributed by atoms with E-state index < -0.39 is 10.0 Å². The van der Waals surface area contributed by atoms with Crippen molar-refractivity contribution < 1.29 is 13.2 Å². The molecule has 1 aliphatic rings. The zero-order chi connectivity index (χ0) is 16.9. The van der Waals surface area contributed by atoms with Crippen LogP contribution >= 0.6 is 0 Å². The van der Waals surface area contributed by atoms with Crippen molar-refractivity contribution in [3.63, 3.8) is 0 Å². The fourth-order valence-electron chi connectivity index (χ4n) is 2.92. The van der Waals surface area contributed by atoms with Gasteiger partial charge in [-0.25, -0.2) is 13.6 Å². The molecule has 1 heterocycles. The van der Waals surface area contributed by atoms with E-state index in [0.29, 0.717) is 30.0 Å². The van der Waals surface area contributed by atoms with Gasteiger partial charge in [0.15, 0.2) is 0 Å². The second-order valence-corrected chi connectivity index (χ2v) is 7.53. The number of aryl methyl sites for hydroxylation is 1. The average molecular weight is 339 g/mol. The Balaban J connectivity index is 1.97. The summed E-state index contributed by atoms with van der Waals surface area (Å²) in [5.41, 5.74) is 1.13. The SMILES string of the molecule is CCc1ccc(NC(=O)CCC2CCNCC2)cc1S(N)(=O)=O. The van der Waals surface area contributed by atoms with Crippen molar-refractivity contribution in [2.45, 2.75) is 43.9 Å². The molecule has 0 aromatic heterocycles. The van der Waals surface area contributed by atoms with Crippen molar-refractivity contribution in [2.24, 2.45) is 11.1 Å². The fourth-order valence-corrected chi connectivity index (χ4v) is 3.79. The maximum Gasteiger partial charge on any atom is 0.238 e. The average Bonchev–Trinajstić information content (AvgIpc) is 2.53. The monoisotopic (exact) mass is 339 g/mol. The Morgan fingerprint density at radius 3 is 2.65 bits per heavy atom. The largest absolute Gasteiger partial charge is 0.326 e. The highest BCUT2D eigenvalue weighted by Gasteiger charge is 2.16. The van der Waals surface area contributed by atoms with Gasteiger partial charge in [-0.3, -0.25) is 4.79 Å². The predicted molar refractivity (Wildman–Crippen MR) is 90.7 cm³/mol. The van der Waals surface area contributed by atoms with E-state index in [2.05, 4.69) is 10.6 Å². The first-order chi connectivity index (χ1) is 10.9. The third-order valence-electron chi connectivity index (χ3n) is 4.28. The molecule has 7 heteroatoms. The van der Waals surface area contributed by atoms with Gasteiger partial charge < -0.3 is 10.6 Å². The molecule has 1 amide bonds. The maximum absolute atomic E-state index is 12.1. The molecule has 1 aliphatic heterocycles. The molecular formula is C16H25N3O3S. The zero-order valence-electron chi connectivity index (χ0n) is 13.5. The summed E-state index contributed by atoms with van der Waals surface area (Å²) in [5, 5.41) is 11.3. The highest BCUT2D eigenvalue weighted by atomic mass is 32.2. The number of rotatable bonds is 6. The lowest BCUT2D eigenvalue weighted by molar-refractivity contribution is -0.116. The standard InChI is InChI=1S/C16H25N3O3S/c1-2-13-4-5-14(11-15(13)23(17,21)22)19-16(20)6-3-12-7-9-18-10-8-12/h4-5,11-12,18H,2-3,6-10H2,1H3,(H,19,20)(H2,17,21,22). The Morgan fingerprint density at radius 1 is 1.35 bits per heavy atom. The van der Waals surface area contributed by atoms with Crippen LogP contribution in [-0.4, -0.2) is 27.4 Å². The number of carbonyl (C=O) groups excluding carboxylic acids is 1. The molecule has 23 heavy (non-hydrogen) atoms. The lowest BCUT2D eigenvalue weighted by Gasteiger charge is -2.22. The molecule has 0 aliphatic carbocycles. The second-order valence-electron chi connectivity index (χ2n) is 6.00. The van der Waals surface area contributed by atoms with Crippen LogP contribution in [0.1, 0.15) is 38.2 Å². The number of nitrogens with two attached hydrogens (primary N) is 1. The number of piperidine rings is 1. The molecule has 6 nitrogen and oxygen atoms in total. The lowest BCUT2D eigenvalue weighted by atomic mass is 9.93. The van der Waals surface area contributed by atoms with Crippen molar-refractivity contribution in [3.05, 3.63) is 23.8 Å². The second kappa shape index (κ2) is 7.90. The Hall–Kier alpha value is -1.44. The summed E-state index contributed by atoms with van der Waals surface area (Å²) >= 11 is 0. The molecule has 0 unspecified atom stereocenters. The van der Waals surface area contributed by atoms with Crippen LogP contribution < -0.4 is 15.8 Å². The Bertz CT molecular complexity index is 653. The predicted octanol–water partition coefficient (Wildman–Crippen LogP) is 1.61. The first-order valence-corrected chi connectivity index (χ1v) is 9.61. The minimum Gasteiger partial charge on any atom is -0.326 e. The molecule has 1 aromatic carbocycles. The van der Waals surface area contributed by atoms with Gasteiger partial charge in [0.2, 0.25) is 15.9 Å². The first-order valence-electron chi connectivity index (χ1n) is 8.06. The van der Waals surface area contributed by atoms with Crippen LogP contribution in [-0.2, 0) is 21.2 Å². The van der Waals surface area contributed by atoms with Gasteiger partial charge in [-0.15, -0.1) is 0 Å². The molecule has 2 rings (SSSR count). The van der Waals surface area contributed by atoms with E-state index in [1.807, 2.05) is 6.92 Å². The zero-order valence-corrected chi connectivity index (χ0v) is 14.3. The number of carbonyl (C=O) groups is 1. The van der Waals surface area contributed by atoms with Crippen molar-refractivity contribution in [3.8, 4) is 0 Å². The van der Waals surface area contributed by atoms with E-state index in [0.717, 1.165) is 32.4 Å². The molecule has 128 valence electrons. The van der Waals surface area contributed by atoms with E-state index in [4.69, 9.17) is 5.14 Å². The number of hydrogen-bond acceptors (Lipinski definition) is 4. The van der Waals surface area contributed by atoms with E-state index in [-0.39, 0.29) is 10.8 Å². The number of benzene rings is 1. The number of primary sulfonamides is 1. The summed E-state index contributed by atoms with van der Waals surface area (Å²) in [6, 6.07) is 4.86. The molecule has 0 radical (unpaired) electrons. The molecular weight excluding hydrogens is 314 g/mol. The number of amides is 1. The molecule has 1 saturated heterocycles. The fraction of sp³-hybridized carbons (Fsp3) is 0.562. The van der Waals surface area contributed by atoms with Gasteiger partial charge in [0.25, 0.3) is 0 Å². The van der Waals surface area contributed by atoms with Gasteiger partial charge in [-0.2, -0.15) is 0 Å². The molecule has 0 saturated carbocycles. The summed E-state index contributed by atoms with van der Waals surface area (Å²) < 4.78 is 23.3. The van der Waals surface area contributed by atoms with Crippen LogP contribution in [0.3, 0.4) is 0 Å². The molecule has 1 fully saturated rings. The van der Waals surface area contributed by atoms with E-state index >= 15 is 0 Å². The normalized spacial score (nSPS) is 16.3. The van der Waals surface area contributed by atoms with Gasteiger partial charge in [-0.05, 0) is 62.4 Å². The molecule has 4 N–H and O–H groups in total. The Morgan fingerprint density at radius 2 is 2.04 bits per heavy atom. The van der Waals surface area contributed by atoms with E-state index in [1.165, 1.54) is 6.07 Å². The Labute approximate surface area is 137 Å². The van der Waals surface area contributed by atoms with Crippen LogP contribution in [0, 0.1) is 5.92 Å². The maximum atomic E-state index is 12.1. The topological polar surface area (TPSA) is 101 Å². The Kier molecular flexibility index (Phi) is 6.15. The highest BCUT2D eigenvalue weighted by Crippen LogP contribution is 2.22. The van der Waals surface area contributed by atoms with Crippen molar-refractivity contribution in [1.82, 2.24) is 5.32 Å². The molecule has 0 atom stereocenters. The van der Waals surface area contributed by atoms with Crippen molar-refractivity contribution in [2.75, 3.05) is 18.4 Å². The van der Waals surface area contributed by atoms with Crippen LogP contribution in [0.25, 0.3) is 0 Å². The number of anilines is 1. The van der Waals surface area contributed by atoms with Crippen molar-refractivity contribution in [1.29, 1.82) is 0 Å². The molecule has 0 bridgehead atoms. The minimum absolute atomic E-state index is 0.0798. The van der Waals surface area contributed by atoms with E-state index in [1.54, 1.807) is 12.1 Å². The number of hydrogen-bond donors (Lipinski definition) is 3. The van der Waals surface area contributed by atoms with Crippen molar-refractivity contribution >= 4 is 21.6 Å². The highest BCUT2D eigenvalue weighted by molar-refractivity contribution is 7.89. The van der Waals surface area contributed by atoms with Gasteiger partial charge in [-0.1, -0.05) is 13.0 Å². The van der Waals surface area contributed by atoms with Gasteiger partial charge in [0, 0.05) is 12.1 Å².